The Bertz CT molecular complexity index is 548. The first-order valence-corrected chi connectivity index (χ1v) is 8.64. The van der Waals surface area contributed by atoms with Gasteiger partial charge in [0.05, 0.1) is 11.4 Å². The normalized spacial score (nSPS) is 12.5. The van der Waals surface area contributed by atoms with Crippen molar-refractivity contribution in [1.29, 1.82) is 0 Å². The lowest BCUT2D eigenvalue weighted by Crippen LogP contribution is -2.19. The van der Waals surface area contributed by atoms with Crippen molar-refractivity contribution in [3.05, 3.63) is 26.2 Å². The van der Waals surface area contributed by atoms with E-state index in [1.165, 1.54) is 0 Å². The first-order valence-electron chi connectivity index (χ1n) is 5.11. The summed E-state index contributed by atoms with van der Waals surface area (Å²) in [5.74, 6) is -0.560. The van der Waals surface area contributed by atoms with E-state index >= 15 is 0 Å². The monoisotopic (exact) mass is 471 g/mol. The van der Waals surface area contributed by atoms with E-state index in [1.54, 1.807) is 18.2 Å². The molecule has 0 saturated carbocycles. The fourth-order valence-electron chi connectivity index (χ4n) is 1.26. The molecule has 0 unspecified atom stereocenters. The summed E-state index contributed by atoms with van der Waals surface area (Å²) in [5.41, 5.74) is 0.349. The first kappa shape index (κ1) is 17.0. The van der Waals surface area contributed by atoms with Crippen LogP contribution in [-0.4, -0.2) is 20.3 Å². The van der Waals surface area contributed by atoms with E-state index in [-0.39, 0.29) is 0 Å². The molecule has 0 saturated heterocycles. The minimum absolute atomic E-state index is 0.349. The van der Waals surface area contributed by atoms with E-state index in [1.807, 2.05) is 22.6 Å². The highest BCUT2D eigenvalue weighted by atomic mass is 127. The Hall–Kier alpha value is -0.0300. The molecule has 0 fully saturated rings. The average molecular weight is 472 g/mol. The Morgan fingerprint density at radius 1 is 1.32 bits per heavy atom. The Morgan fingerprint density at radius 2 is 1.95 bits per heavy atom. The van der Waals surface area contributed by atoms with Gasteiger partial charge in [0, 0.05) is 14.5 Å². The number of anilines is 1. The molecule has 0 aromatic heterocycles. The molecule has 0 atom stereocenters. The molecule has 0 amide bonds. The van der Waals surface area contributed by atoms with E-state index in [4.69, 9.17) is 0 Å². The predicted molar refractivity (Wildman–Crippen MR) is 79.6 cm³/mol. The lowest BCUT2D eigenvalue weighted by molar-refractivity contribution is -0.134. The third-order valence-electron chi connectivity index (χ3n) is 2.07. The minimum Gasteiger partial charge on any atom is -0.282 e. The highest BCUT2D eigenvalue weighted by Crippen LogP contribution is 2.25. The maximum atomic E-state index is 12.0. The highest BCUT2D eigenvalue weighted by Gasteiger charge is 2.27. The van der Waals surface area contributed by atoms with Gasteiger partial charge in [-0.1, -0.05) is 15.9 Å². The van der Waals surface area contributed by atoms with Crippen LogP contribution < -0.4 is 4.72 Å². The molecule has 9 heteroatoms. The van der Waals surface area contributed by atoms with E-state index < -0.39 is 34.8 Å². The van der Waals surface area contributed by atoms with E-state index in [9.17, 15) is 21.6 Å². The second-order valence-electron chi connectivity index (χ2n) is 3.76. The van der Waals surface area contributed by atoms with Crippen LogP contribution >= 0.6 is 38.5 Å². The molecule has 1 aromatic rings. The number of sulfonamides is 1. The molecule has 0 aliphatic rings. The van der Waals surface area contributed by atoms with Gasteiger partial charge in [-0.3, -0.25) is 4.72 Å². The Morgan fingerprint density at radius 3 is 2.53 bits per heavy atom. The van der Waals surface area contributed by atoms with Crippen molar-refractivity contribution in [3.8, 4) is 0 Å². The largest absolute Gasteiger partial charge is 0.389 e. The van der Waals surface area contributed by atoms with Crippen LogP contribution in [0.15, 0.2) is 22.7 Å². The molecule has 1 rings (SSSR count). The Labute approximate surface area is 131 Å². The third kappa shape index (κ3) is 6.80. The predicted octanol–water partition coefficient (Wildman–Crippen LogP) is 4.14. The van der Waals surface area contributed by atoms with Gasteiger partial charge >= 0.3 is 6.18 Å². The van der Waals surface area contributed by atoms with E-state index in [2.05, 4.69) is 20.7 Å². The molecule has 108 valence electrons. The van der Waals surface area contributed by atoms with Gasteiger partial charge in [0.2, 0.25) is 10.0 Å². The van der Waals surface area contributed by atoms with E-state index in [0.717, 1.165) is 0 Å². The second kappa shape index (κ2) is 6.61. The van der Waals surface area contributed by atoms with Crippen LogP contribution in [0, 0.1) is 3.57 Å². The summed E-state index contributed by atoms with van der Waals surface area (Å²) in [4.78, 5) is 0. The van der Waals surface area contributed by atoms with Crippen LogP contribution in [-0.2, 0) is 10.0 Å². The van der Waals surface area contributed by atoms with Gasteiger partial charge in [-0.2, -0.15) is 13.2 Å². The summed E-state index contributed by atoms with van der Waals surface area (Å²) < 4.78 is 62.8. The van der Waals surface area contributed by atoms with Crippen LogP contribution in [0.1, 0.15) is 12.8 Å². The Kier molecular flexibility index (Phi) is 5.93. The van der Waals surface area contributed by atoms with Crippen molar-refractivity contribution >= 4 is 54.2 Å². The molecule has 0 spiro atoms. The van der Waals surface area contributed by atoms with Gasteiger partial charge in [0.1, 0.15) is 0 Å². The standard InChI is InChI=1S/C10H10BrF3INO2S/c11-7-2-3-8(15)9(6-7)16-19(17,18)5-1-4-10(12,13)14/h2-3,6,16H,1,4-5H2. The molecular weight excluding hydrogens is 462 g/mol. The molecular formula is C10H10BrF3INO2S. The third-order valence-corrected chi connectivity index (χ3v) is 4.86. The zero-order valence-electron chi connectivity index (χ0n) is 9.47. The molecule has 0 bridgehead atoms. The maximum Gasteiger partial charge on any atom is 0.389 e. The van der Waals surface area contributed by atoms with Crippen LogP contribution in [0.3, 0.4) is 0 Å². The number of hydrogen-bond donors (Lipinski definition) is 1. The van der Waals surface area contributed by atoms with Crippen molar-refractivity contribution in [2.45, 2.75) is 19.0 Å². The molecule has 0 aliphatic carbocycles. The van der Waals surface area contributed by atoms with Crippen molar-refractivity contribution in [2.24, 2.45) is 0 Å². The number of nitrogens with one attached hydrogen (secondary N) is 1. The quantitative estimate of drug-likeness (QED) is 0.656. The van der Waals surface area contributed by atoms with Crippen LogP contribution in [0.2, 0.25) is 0 Å². The first-order chi connectivity index (χ1) is 8.59. The summed E-state index contributed by atoms with van der Waals surface area (Å²) in [7, 11) is -3.77. The zero-order chi connectivity index (χ0) is 14.7. The number of benzene rings is 1. The smallest absolute Gasteiger partial charge is 0.282 e. The van der Waals surface area contributed by atoms with Crippen molar-refractivity contribution in [1.82, 2.24) is 0 Å². The molecule has 1 N–H and O–H groups in total. The van der Waals surface area contributed by atoms with Crippen molar-refractivity contribution in [2.75, 3.05) is 10.5 Å². The number of rotatable bonds is 5. The number of halogens is 5. The summed E-state index contributed by atoms with van der Waals surface area (Å²) in [6.07, 6.45) is -5.90. The highest BCUT2D eigenvalue weighted by molar-refractivity contribution is 14.1. The molecule has 19 heavy (non-hydrogen) atoms. The van der Waals surface area contributed by atoms with Gasteiger partial charge in [-0.05, 0) is 47.2 Å². The van der Waals surface area contributed by atoms with Gasteiger partial charge in [0.25, 0.3) is 0 Å². The van der Waals surface area contributed by atoms with Crippen LogP contribution in [0.4, 0.5) is 18.9 Å². The molecule has 3 nitrogen and oxygen atoms in total. The van der Waals surface area contributed by atoms with E-state index in [0.29, 0.717) is 13.7 Å². The van der Waals surface area contributed by atoms with Gasteiger partial charge in [-0.25, -0.2) is 8.42 Å². The van der Waals surface area contributed by atoms with Crippen LogP contribution in [0.25, 0.3) is 0 Å². The molecule has 0 aliphatic heterocycles. The fraction of sp³-hybridized carbons (Fsp3) is 0.400. The fourth-order valence-corrected chi connectivity index (χ4v) is 3.40. The zero-order valence-corrected chi connectivity index (χ0v) is 14.0. The van der Waals surface area contributed by atoms with Crippen LogP contribution in [0.5, 0.6) is 0 Å². The molecule has 0 radical (unpaired) electrons. The average Bonchev–Trinajstić information content (AvgIpc) is 2.20. The van der Waals surface area contributed by atoms with Crippen molar-refractivity contribution < 1.29 is 21.6 Å². The van der Waals surface area contributed by atoms with Gasteiger partial charge in [0.15, 0.2) is 0 Å². The summed E-state index contributed by atoms with van der Waals surface area (Å²) in [6, 6.07) is 4.99. The lowest BCUT2D eigenvalue weighted by atomic mass is 10.3. The summed E-state index contributed by atoms with van der Waals surface area (Å²) in [6.45, 7) is 0. The number of hydrogen-bond acceptors (Lipinski definition) is 2. The Balaban J connectivity index is 2.67. The number of alkyl halides is 3. The molecule has 1 aromatic carbocycles. The lowest BCUT2D eigenvalue weighted by Gasteiger charge is -2.11. The topological polar surface area (TPSA) is 46.2 Å². The van der Waals surface area contributed by atoms with Crippen molar-refractivity contribution in [3.63, 3.8) is 0 Å². The second-order valence-corrected chi connectivity index (χ2v) is 7.68. The summed E-state index contributed by atoms with van der Waals surface area (Å²) in [5, 5.41) is 0. The van der Waals surface area contributed by atoms with Gasteiger partial charge in [-0.15, -0.1) is 0 Å². The SMILES string of the molecule is O=S(=O)(CCCC(F)(F)F)Nc1cc(Br)ccc1I. The molecule has 0 heterocycles. The maximum absolute atomic E-state index is 12.0. The minimum atomic E-state index is -4.33. The summed E-state index contributed by atoms with van der Waals surface area (Å²) >= 11 is 5.14. The van der Waals surface area contributed by atoms with Gasteiger partial charge < -0.3 is 0 Å².